The molecule has 0 N–H and O–H groups in total. The number of carbonyl (C=O) groups excluding carboxylic acids is 1. The van der Waals surface area contributed by atoms with Gasteiger partial charge in [-0.1, -0.05) is 0 Å². The van der Waals surface area contributed by atoms with Gasteiger partial charge in [0.1, 0.15) is 0 Å². The lowest BCUT2D eigenvalue weighted by Gasteiger charge is -2.08. The largest absolute Gasteiger partial charge is 0.462 e. The molecule has 0 spiro atoms. The van der Waals surface area contributed by atoms with Gasteiger partial charge < -0.3 is 4.74 Å². The van der Waals surface area contributed by atoms with Crippen molar-refractivity contribution >= 4 is 5.97 Å². The molecule has 0 amide bonds. The highest BCUT2D eigenvalue weighted by atomic mass is 19.4. The molecule has 0 unspecified atom stereocenters. The average Bonchev–Trinajstić information content (AvgIpc) is 1.98. The van der Waals surface area contributed by atoms with Crippen molar-refractivity contribution in [3.8, 4) is 6.07 Å². The minimum atomic E-state index is -4.85. The number of carbonyl (C=O) groups is 1. The highest BCUT2D eigenvalue weighted by Crippen LogP contribution is 2.26. The average molecular weight is 193 g/mol. The van der Waals surface area contributed by atoms with Crippen LogP contribution in [0.3, 0.4) is 0 Å². The maximum Gasteiger partial charge on any atom is 0.424 e. The van der Waals surface area contributed by atoms with Crippen LogP contribution in [0, 0.1) is 11.3 Å². The molecule has 0 aliphatic rings. The first-order valence-corrected chi connectivity index (χ1v) is 3.27. The summed E-state index contributed by atoms with van der Waals surface area (Å²) in [5.74, 6) is -1.53. The van der Waals surface area contributed by atoms with Gasteiger partial charge in [-0.3, -0.25) is 0 Å². The van der Waals surface area contributed by atoms with Gasteiger partial charge in [0.25, 0.3) is 0 Å². The molecule has 3 nitrogen and oxygen atoms in total. The molecule has 0 aromatic rings. The highest BCUT2D eigenvalue weighted by Gasteiger charge is 2.39. The summed E-state index contributed by atoms with van der Waals surface area (Å²) in [6.45, 7) is 1.20. The molecule has 0 fully saturated rings. The summed E-state index contributed by atoms with van der Waals surface area (Å²) < 4.78 is 40.0. The second-order valence-electron chi connectivity index (χ2n) is 1.91. The number of nitriles is 1. The number of alkyl halides is 3. The van der Waals surface area contributed by atoms with Crippen LogP contribution >= 0.6 is 0 Å². The Morgan fingerprint density at radius 3 is 2.46 bits per heavy atom. The zero-order chi connectivity index (χ0) is 10.5. The predicted octanol–water partition coefficient (Wildman–Crippen LogP) is 1.56. The van der Waals surface area contributed by atoms with Crippen molar-refractivity contribution in [2.45, 2.75) is 13.1 Å². The molecule has 0 aromatic heterocycles. The van der Waals surface area contributed by atoms with Gasteiger partial charge in [-0.2, -0.15) is 18.4 Å². The van der Waals surface area contributed by atoms with E-state index in [4.69, 9.17) is 5.26 Å². The van der Waals surface area contributed by atoms with Crippen molar-refractivity contribution in [3.63, 3.8) is 0 Å². The van der Waals surface area contributed by atoms with Crippen LogP contribution in [0.25, 0.3) is 0 Å². The summed E-state index contributed by atoms with van der Waals surface area (Å²) >= 11 is 0. The second kappa shape index (κ2) is 4.50. The molecule has 0 heterocycles. The lowest BCUT2D eigenvalue weighted by atomic mass is 10.2. The molecule has 0 saturated carbocycles. The first kappa shape index (κ1) is 11.5. The van der Waals surface area contributed by atoms with E-state index in [-0.39, 0.29) is 12.7 Å². The smallest absolute Gasteiger partial charge is 0.424 e. The second-order valence-corrected chi connectivity index (χ2v) is 1.91. The molecule has 0 aliphatic carbocycles. The summed E-state index contributed by atoms with van der Waals surface area (Å²) in [5.41, 5.74) is -1.59. The van der Waals surface area contributed by atoms with Crippen molar-refractivity contribution in [3.05, 3.63) is 11.6 Å². The first-order chi connectivity index (χ1) is 5.93. The van der Waals surface area contributed by atoms with E-state index in [0.717, 1.165) is 6.07 Å². The topological polar surface area (TPSA) is 50.1 Å². The molecule has 6 heteroatoms. The summed E-state index contributed by atoms with van der Waals surface area (Å²) in [4.78, 5) is 10.6. The molecular formula is C7H6F3NO2. The fourth-order valence-corrected chi connectivity index (χ4v) is 0.530. The third kappa shape index (κ3) is 3.60. The highest BCUT2D eigenvalue weighted by molar-refractivity contribution is 5.90. The van der Waals surface area contributed by atoms with Crippen LogP contribution in [0.4, 0.5) is 13.2 Å². The van der Waals surface area contributed by atoms with Gasteiger partial charge in [0, 0.05) is 6.08 Å². The maximum atomic E-state index is 12.0. The fourth-order valence-electron chi connectivity index (χ4n) is 0.530. The van der Waals surface area contributed by atoms with E-state index in [1.54, 1.807) is 0 Å². The van der Waals surface area contributed by atoms with Crippen LogP contribution in [0.2, 0.25) is 0 Å². The molecule has 0 aliphatic heterocycles. The molecule has 0 aromatic carbocycles. The quantitative estimate of drug-likeness (QED) is 0.380. The van der Waals surface area contributed by atoms with E-state index in [0.29, 0.717) is 0 Å². The summed E-state index contributed by atoms with van der Waals surface area (Å²) in [5, 5.41) is 7.98. The van der Waals surface area contributed by atoms with E-state index >= 15 is 0 Å². The van der Waals surface area contributed by atoms with Crippen molar-refractivity contribution in [1.29, 1.82) is 5.26 Å². The number of ether oxygens (including phenoxy) is 1. The predicted molar refractivity (Wildman–Crippen MR) is 36.4 cm³/mol. The Morgan fingerprint density at radius 2 is 2.15 bits per heavy atom. The van der Waals surface area contributed by atoms with Crippen LogP contribution in [0.5, 0.6) is 0 Å². The Labute approximate surface area is 72.4 Å². The van der Waals surface area contributed by atoms with E-state index in [2.05, 4.69) is 4.74 Å². The van der Waals surface area contributed by atoms with Gasteiger partial charge >= 0.3 is 12.1 Å². The zero-order valence-electron chi connectivity index (χ0n) is 6.68. The van der Waals surface area contributed by atoms with Gasteiger partial charge in [-0.25, -0.2) is 4.79 Å². The summed E-state index contributed by atoms with van der Waals surface area (Å²) in [6.07, 6.45) is -4.72. The fraction of sp³-hybridized carbons (Fsp3) is 0.429. The molecule has 72 valence electrons. The number of nitrogens with zero attached hydrogens (tertiary/aromatic N) is 1. The third-order valence-electron chi connectivity index (χ3n) is 1.01. The van der Waals surface area contributed by atoms with Crippen molar-refractivity contribution in [2.24, 2.45) is 0 Å². The third-order valence-corrected chi connectivity index (χ3v) is 1.01. The minimum absolute atomic E-state index is 0.123. The van der Waals surface area contributed by atoms with E-state index in [1.807, 2.05) is 0 Å². The van der Waals surface area contributed by atoms with Crippen LogP contribution in [0.1, 0.15) is 6.92 Å². The SMILES string of the molecule is CCOC(=O)/C(=C\C#N)C(F)(F)F. The Hall–Kier alpha value is -1.51. The van der Waals surface area contributed by atoms with E-state index in [1.165, 1.54) is 6.92 Å². The number of hydrogen-bond donors (Lipinski definition) is 0. The minimum Gasteiger partial charge on any atom is -0.462 e. The van der Waals surface area contributed by atoms with Crippen molar-refractivity contribution in [1.82, 2.24) is 0 Å². The monoisotopic (exact) mass is 193 g/mol. The Kier molecular flexibility index (Phi) is 3.98. The van der Waals surface area contributed by atoms with Crippen molar-refractivity contribution in [2.75, 3.05) is 6.61 Å². The molecule has 0 rings (SSSR count). The van der Waals surface area contributed by atoms with Crippen molar-refractivity contribution < 1.29 is 22.7 Å². The number of rotatable bonds is 2. The van der Waals surface area contributed by atoms with Crippen LogP contribution in [-0.2, 0) is 9.53 Å². The molecular weight excluding hydrogens is 187 g/mol. The van der Waals surface area contributed by atoms with Gasteiger partial charge in [0.05, 0.1) is 12.7 Å². The Morgan fingerprint density at radius 1 is 1.62 bits per heavy atom. The number of allylic oxidation sites excluding steroid dienone is 1. The maximum absolute atomic E-state index is 12.0. The molecule has 0 saturated heterocycles. The van der Waals surface area contributed by atoms with Crippen LogP contribution in [-0.4, -0.2) is 18.8 Å². The van der Waals surface area contributed by atoms with Gasteiger partial charge in [0.15, 0.2) is 5.57 Å². The standard InChI is InChI=1S/C7H6F3NO2/c1-2-13-6(12)5(3-4-11)7(8,9)10/h3H,2H2,1H3/b5-3+. The Balaban J connectivity index is 4.76. The van der Waals surface area contributed by atoms with Crippen LogP contribution < -0.4 is 0 Å². The number of hydrogen-bond acceptors (Lipinski definition) is 3. The summed E-state index contributed by atoms with van der Waals surface area (Å²) in [6, 6.07) is 1.13. The van der Waals surface area contributed by atoms with Gasteiger partial charge in [-0.15, -0.1) is 0 Å². The zero-order valence-corrected chi connectivity index (χ0v) is 6.68. The van der Waals surface area contributed by atoms with E-state index < -0.39 is 17.7 Å². The molecule has 0 atom stereocenters. The lowest BCUT2D eigenvalue weighted by Crippen LogP contribution is -2.22. The lowest BCUT2D eigenvalue weighted by molar-refractivity contribution is -0.150. The van der Waals surface area contributed by atoms with Gasteiger partial charge in [0.2, 0.25) is 0 Å². The van der Waals surface area contributed by atoms with Gasteiger partial charge in [-0.05, 0) is 6.92 Å². The molecule has 13 heavy (non-hydrogen) atoms. The Bertz CT molecular complexity index is 262. The van der Waals surface area contributed by atoms with E-state index in [9.17, 15) is 18.0 Å². The normalized spacial score (nSPS) is 12.1. The number of halogens is 3. The van der Waals surface area contributed by atoms with Crippen LogP contribution in [0.15, 0.2) is 11.6 Å². The summed E-state index contributed by atoms with van der Waals surface area (Å²) in [7, 11) is 0. The number of esters is 1. The molecule has 0 bridgehead atoms. The first-order valence-electron chi connectivity index (χ1n) is 3.27. The molecule has 0 radical (unpaired) electrons.